The molecule has 0 aliphatic carbocycles. The lowest BCUT2D eigenvalue weighted by atomic mass is 10.2. The Bertz CT molecular complexity index is 1320. The van der Waals surface area contributed by atoms with E-state index >= 15 is 0 Å². The smallest absolute Gasteiger partial charge is 0.243 e. The Morgan fingerprint density at radius 3 is 2.57 bits per heavy atom. The largest absolute Gasteiger partial charge is 0.489 e. The summed E-state index contributed by atoms with van der Waals surface area (Å²) < 4.78 is 59.7. The van der Waals surface area contributed by atoms with Gasteiger partial charge in [-0.25, -0.2) is 17.2 Å². The van der Waals surface area contributed by atoms with Crippen LogP contribution in [0.5, 0.6) is 5.75 Å². The molecule has 10 heteroatoms. The zero-order valence-corrected chi connectivity index (χ0v) is 20.2. The number of amides is 1. The summed E-state index contributed by atoms with van der Waals surface area (Å²) in [5.41, 5.74) is 1.37. The first-order valence-electron chi connectivity index (χ1n) is 10.9. The number of benzene rings is 3. The van der Waals surface area contributed by atoms with Crippen molar-refractivity contribution >= 4 is 27.5 Å². The molecule has 3 aromatic carbocycles. The van der Waals surface area contributed by atoms with Crippen molar-refractivity contribution in [2.24, 2.45) is 0 Å². The highest BCUT2D eigenvalue weighted by atomic mass is 35.5. The molecule has 6 nitrogen and oxygen atoms in total. The Morgan fingerprint density at radius 1 is 1.06 bits per heavy atom. The van der Waals surface area contributed by atoms with Crippen LogP contribution in [0.3, 0.4) is 0 Å². The molecule has 1 aliphatic heterocycles. The number of halogens is 3. The number of ether oxygens (including phenoxy) is 1. The van der Waals surface area contributed by atoms with Crippen LogP contribution >= 0.6 is 11.6 Å². The highest BCUT2D eigenvalue weighted by Gasteiger charge is 2.39. The third-order valence-corrected chi connectivity index (χ3v) is 7.91. The summed E-state index contributed by atoms with van der Waals surface area (Å²) in [5.74, 6) is -0.928. The van der Waals surface area contributed by atoms with E-state index in [1.54, 1.807) is 30.3 Å². The SMILES string of the molecule is O=C(NCc1cccc(OCc2ccc(Cl)c(F)c2)c1)[C@@H]1CCCN1S(=O)(=O)c1ccc(F)cc1. The molecule has 1 aliphatic rings. The minimum Gasteiger partial charge on any atom is -0.489 e. The van der Waals surface area contributed by atoms with Gasteiger partial charge >= 0.3 is 0 Å². The molecule has 0 radical (unpaired) electrons. The Balaban J connectivity index is 1.37. The number of hydrogen-bond acceptors (Lipinski definition) is 4. The molecule has 184 valence electrons. The molecule has 35 heavy (non-hydrogen) atoms. The number of carbonyl (C=O) groups is 1. The van der Waals surface area contributed by atoms with E-state index in [9.17, 15) is 22.0 Å². The molecule has 0 unspecified atom stereocenters. The van der Waals surface area contributed by atoms with Crippen LogP contribution < -0.4 is 10.1 Å². The van der Waals surface area contributed by atoms with Crippen molar-refractivity contribution in [3.8, 4) is 5.75 Å². The van der Waals surface area contributed by atoms with E-state index in [1.165, 1.54) is 28.6 Å². The van der Waals surface area contributed by atoms with Crippen molar-refractivity contribution in [3.05, 3.63) is 94.5 Å². The average molecular weight is 521 g/mol. The fourth-order valence-corrected chi connectivity index (χ4v) is 5.65. The molecule has 0 aromatic heterocycles. The lowest BCUT2D eigenvalue weighted by Crippen LogP contribution is -2.45. The number of nitrogens with zero attached hydrogens (tertiary/aromatic N) is 1. The van der Waals surface area contributed by atoms with Crippen LogP contribution in [-0.4, -0.2) is 31.2 Å². The summed E-state index contributed by atoms with van der Waals surface area (Å²) in [6.45, 7) is 0.529. The standard InChI is InChI=1S/C25H23ClF2N2O4S/c26-22-11-6-18(14-23(22)28)16-34-20-4-1-3-17(13-20)15-29-25(31)24-5-2-12-30(24)35(32,33)21-9-7-19(27)8-10-21/h1,3-4,6-11,13-14,24H,2,5,12,15-16H2,(H,29,31)/t24-/m0/s1. The fraction of sp³-hybridized carbons (Fsp3) is 0.240. The van der Waals surface area contributed by atoms with Gasteiger partial charge in [0.2, 0.25) is 15.9 Å². The Labute approximate surface area is 207 Å². The molecule has 3 aromatic rings. The highest BCUT2D eigenvalue weighted by molar-refractivity contribution is 7.89. The zero-order chi connectivity index (χ0) is 25.0. The Morgan fingerprint density at radius 2 is 1.83 bits per heavy atom. The minimum absolute atomic E-state index is 0.0396. The van der Waals surface area contributed by atoms with Gasteiger partial charge < -0.3 is 10.1 Å². The zero-order valence-electron chi connectivity index (χ0n) is 18.6. The Kier molecular flexibility index (Phi) is 7.69. The molecule has 0 saturated carbocycles. The van der Waals surface area contributed by atoms with Gasteiger partial charge in [0.25, 0.3) is 0 Å². The molecule has 0 spiro atoms. The van der Waals surface area contributed by atoms with Gasteiger partial charge in [-0.05, 0) is 72.5 Å². The van der Waals surface area contributed by atoms with Crippen LogP contribution in [-0.2, 0) is 28.0 Å². The summed E-state index contributed by atoms with van der Waals surface area (Å²) in [4.78, 5) is 12.8. The number of hydrogen-bond donors (Lipinski definition) is 1. The van der Waals surface area contributed by atoms with Gasteiger partial charge in [-0.3, -0.25) is 4.79 Å². The lowest BCUT2D eigenvalue weighted by molar-refractivity contribution is -0.124. The van der Waals surface area contributed by atoms with Crippen LogP contribution in [0.15, 0.2) is 71.6 Å². The molecule has 1 heterocycles. The van der Waals surface area contributed by atoms with Crippen LogP contribution in [0.2, 0.25) is 5.02 Å². The predicted octanol–water partition coefficient (Wildman–Crippen LogP) is 4.67. The van der Waals surface area contributed by atoms with Gasteiger partial charge in [-0.2, -0.15) is 4.31 Å². The third-order valence-electron chi connectivity index (χ3n) is 5.68. The van der Waals surface area contributed by atoms with E-state index < -0.39 is 33.6 Å². The first kappa shape index (κ1) is 25.1. The first-order valence-corrected chi connectivity index (χ1v) is 12.8. The van der Waals surface area contributed by atoms with Crippen molar-refractivity contribution in [2.75, 3.05) is 6.54 Å². The predicted molar refractivity (Wildman–Crippen MR) is 127 cm³/mol. The molecule has 0 bridgehead atoms. The van der Waals surface area contributed by atoms with Gasteiger partial charge in [0.15, 0.2) is 0 Å². The van der Waals surface area contributed by atoms with Gasteiger partial charge in [0.05, 0.1) is 9.92 Å². The number of carbonyl (C=O) groups excluding carboxylic acids is 1. The van der Waals surface area contributed by atoms with Crippen molar-refractivity contribution in [1.82, 2.24) is 9.62 Å². The van der Waals surface area contributed by atoms with Gasteiger partial charge in [-0.15, -0.1) is 0 Å². The maximum atomic E-state index is 13.6. The number of rotatable bonds is 8. The van der Waals surface area contributed by atoms with E-state index in [0.717, 1.165) is 17.7 Å². The molecule has 1 amide bonds. The second kappa shape index (κ2) is 10.7. The fourth-order valence-electron chi connectivity index (χ4n) is 3.88. The molecule has 1 atom stereocenters. The summed E-state index contributed by atoms with van der Waals surface area (Å²) >= 11 is 5.70. The number of nitrogens with one attached hydrogen (secondary N) is 1. The van der Waals surface area contributed by atoms with Gasteiger partial charge in [0, 0.05) is 13.1 Å². The normalized spacial score (nSPS) is 16.3. The quantitative estimate of drug-likeness (QED) is 0.468. The molecular weight excluding hydrogens is 498 g/mol. The average Bonchev–Trinajstić information content (AvgIpc) is 3.35. The molecular formula is C25H23ClF2N2O4S. The highest BCUT2D eigenvalue weighted by Crippen LogP contribution is 2.26. The topological polar surface area (TPSA) is 75.7 Å². The van der Waals surface area contributed by atoms with Crippen LogP contribution in [0.1, 0.15) is 24.0 Å². The van der Waals surface area contributed by atoms with E-state index in [1.807, 2.05) is 0 Å². The van der Waals surface area contributed by atoms with Crippen molar-refractivity contribution in [2.45, 2.75) is 36.9 Å². The monoisotopic (exact) mass is 520 g/mol. The van der Waals surface area contributed by atoms with Crippen molar-refractivity contribution in [1.29, 1.82) is 0 Å². The summed E-state index contributed by atoms with van der Waals surface area (Å²) in [5, 5.41) is 2.83. The Hall–Kier alpha value is -3.01. The van der Waals surface area contributed by atoms with Crippen molar-refractivity contribution < 1.29 is 26.7 Å². The van der Waals surface area contributed by atoms with E-state index in [0.29, 0.717) is 24.2 Å². The van der Waals surface area contributed by atoms with Crippen LogP contribution in [0.25, 0.3) is 0 Å². The first-order chi connectivity index (χ1) is 16.7. The maximum absolute atomic E-state index is 13.6. The van der Waals surface area contributed by atoms with E-state index in [-0.39, 0.29) is 29.6 Å². The molecule has 1 N–H and O–H groups in total. The van der Waals surface area contributed by atoms with Gasteiger partial charge in [0.1, 0.15) is 30.0 Å². The third kappa shape index (κ3) is 5.98. The summed E-state index contributed by atoms with van der Waals surface area (Å²) in [6.07, 6.45) is 0.945. The van der Waals surface area contributed by atoms with Crippen LogP contribution in [0, 0.1) is 11.6 Å². The van der Waals surface area contributed by atoms with E-state index in [2.05, 4.69) is 5.32 Å². The molecule has 1 saturated heterocycles. The minimum atomic E-state index is -3.93. The second-order valence-electron chi connectivity index (χ2n) is 8.13. The lowest BCUT2D eigenvalue weighted by Gasteiger charge is -2.23. The summed E-state index contributed by atoms with van der Waals surface area (Å²) in [7, 11) is -3.93. The number of sulfonamides is 1. The molecule has 4 rings (SSSR count). The van der Waals surface area contributed by atoms with Crippen molar-refractivity contribution in [3.63, 3.8) is 0 Å². The van der Waals surface area contributed by atoms with Gasteiger partial charge in [-0.1, -0.05) is 29.8 Å². The maximum Gasteiger partial charge on any atom is 0.243 e. The van der Waals surface area contributed by atoms with Crippen LogP contribution in [0.4, 0.5) is 8.78 Å². The summed E-state index contributed by atoms with van der Waals surface area (Å²) in [6, 6.07) is 15.2. The second-order valence-corrected chi connectivity index (χ2v) is 10.4. The molecule has 1 fully saturated rings. The van der Waals surface area contributed by atoms with E-state index in [4.69, 9.17) is 16.3 Å².